The largest absolute Gasteiger partial charge is 0.477 e. The van der Waals surface area contributed by atoms with Gasteiger partial charge in [0, 0.05) is 12.8 Å². The van der Waals surface area contributed by atoms with Crippen molar-refractivity contribution in [1.29, 1.82) is 0 Å². The summed E-state index contributed by atoms with van der Waals surface area (Å²) in [7, 11) is 0. The van der Waals surface area contributed by atoms with E-state index in [2.05, 4.69) is 9.97 Å². The fourth-order valence-electron chi connectivity index (χ4n) is 1.31. The monoisotopic (exact) mass is 225 g/mol. The summed E-state index contributed by atoms with van der Waals surface area (Å²) in [6.45, 7) is 4.35. The lowest BCUT2D eigenvalue weighted by atomic mass is 10.2. The summed E-state index contributed by atoms with van der Waals surface area (Å²) in [5.41, 5.74) is 5.44. The summed E-state index contributed by atoms with van der Waals surface area (Å²) >= 11 is 0. The molecule has 6 nitrogen and oxygen atoms in total. The second-order valence-electron chi connectivity index (χ2n) is 3.18. The Morgan fingerprint density at radius 2 is 2.31 bits per heavy atom. The third-order valence-corrected chi connectivity index (χ3v) is 2.09. The van der Waals surface area contributed by atoms with Crippen LogP contribution in [0.2, 0.25) is 0 Å². The van der Waals surface area contributed by atoms with Crippen LogP contribution < -0.4 is 5.73 Å². The Bertz CT molecular complexity index is 382. The first-order valence-corrected chi connectivity index (χ1v) is 5.07. The van der Waals surface area contributed by atoms with E-state index >= 15 is 0 Å². The van der Waals surface area contributed by atoms with Crippen molar-refractivity contribution in [2.24, 2.45) is 0 Å². The number of nitrogen functional groups attached to an aromatic ring is 1. The number of ether oxygens (including phenoxy) is 1. The van der Waals surface area contributed by atoms with Crippen molar-refractivity contribution in [2.75, 3.05) is 12.3 Å². The van der Waals surface area contributed by atoms with Crippen LogP contribution in [-0.2, 0) is 4.74 Å². The number of hydrogen-bond donors (Lipinski definition) is 2. The summed E-state index contributed by atoms with van der Waals surface area (Å²) in [6, 6.07) is 0. The van der Waals surface area contributed by atoms with Crippen molar-refractivity contribution in [2.45, 2.75) is 26.4 Å². The van der Waals surface area contributed by atoms with Crippen LogP contribution in [0.3, 0.4) is 0 Å². The highest BCUT2D eigenvalue weighted by Gasteiger charge is 2.16. The predicted octanol–water partition coefficient (Wildman–Crippen LogP) is 1.24. The van der Waals surface area contributed by atoms with Gasteiger partial charge in [0.1, 0.15) is 17.5 Å². The molecule has 6 heteroatoms. The van der Waals surface area contributed by atoms with Crippen LogP contribution in [0.5, 0.6) is 0 Å². The molecular weight excluding hydrogens is 210 g/mol. The lowest BCUT2D eigenvalue weighted by Gasteiger charge is -2.13. The zero-order valence-corrected chi connectivity index (χ0v) is 9.30. The van der Waals surface area contributed by atoms with Crippen molar-refractivity contribution >= 4 is 11.8 Å². The van der Waals surface area contributed by atoms with E-state index in [1.165, 1.54) is 6.20 Å². The number of carbonyl (C=O) groups is 1. The molecule has 88 valence electrons. The quantitative estimate of drug-likeness (QED) is 0.782. The molecule has 0 saturated carbocycles. The highest BCUT2D eigenvalue weighted by molar-refractivity contribution is 5.92. The molecule has 0 aliphatic heterocycles. The molecule has 1 aromatic rings. The van der Waals surface area contributed by atoms with E-state index in [0.29, 0.717) is 18.9 Å². The van der Waals surface area contributed by atoms with Gasteiger partial charge in [-0.05, 0) is 13.3 Å². The number of aromatic carboxylic acids is 1. The van der Waals surface area contributed by atoms with Crippen molar-refractivity contribution in [3.63, 3.8) is 0 Å². The van der Waals surface area contributed by atoms with Crippen LogP contribution in [0.4, 0.5) is 5.82 Å². The highest BCUT2D eigenvalue weighted by atomic mass is 16.5. The minimum absolute atomic E-state index is 0.0318. The number of carboxylic acids is 1. The van der Waals surface area contributed by atoms with Crippen LogP contribution >= 0.6 is 0 Å². The van der Waals surface area contributed by atoms with Gasteiger partial charge in [0.15, 0.2) is 5.82 Å². The molecule has 1 atom stereocenters. The summed E-state index contributed by atoms with van der Waals surface area (Å²) in [5.74, 6) is -0.740. The summed E-state index contributed by atoms with van der Waals surface area (Å²) in [5, 5.41) is 8.76. The third kappa shape index (κ3) is 2.66. The predicted molar refractivity (Wildman–Crippen MR) is 58.1 cm³/mol. The van der Waals surface area contributed by atoms with Crippen LogP contribution in [0.1, 0.15) is 42.6 Å². The first-order valence-electron chi connectivity index (χ1n) is 5.07. The van der Waals surface area contributed by atoms with Gasteiger partial charge >= 0.3 is 5.97 Å². The number of aromatic nitrogens is 2. The van der Waals surface area contributed by atoms with Gasteiger partial charge in [0.25, 0.3) is 0 Å². The number of rotatable bonds is 5. The third-order valence-electron chi connectivity index (χ3n) is 2.09. The molecule has 1 unspecified atom stereocenters. The topological polar surface area (TPSA) is 98.3 Å². The number of nitrogens with zero attached hydrogens (tertiary/aromatic N) is 2. The molecular formula is C10H15N3O3. The lowest BCUT2D eigenvalue weighted by molar-refractivity contribution is 0.0533. The summed E-state index contributed by atoms with van der Waals surface area (Å²) in [4.78, 5) is 18.6. The second kappa shape index (κ2) is 5.41. The van der Waals surface area contributed by atoms with Crippen molar-refractivity contribution < 1.29 is 14.6 Å². The molecule has 1 rings (SSSR count). The molecule has 0 aliphatic rings. The zero-order chi connectivity index (χ0) is 12.1. The van der Waals surface area contributed by atoms with Crippen molar-refractivity contribution in [1.82, 2.24) is 9.97 Å². The molecule has 3 N–H and O–H groups in total. The Morgan fingerprint density at radius 3 is 2.75 bits per heavy atom. The molecule has 0 spiro atoms. The van der Waals surface area contributed by atoms with Gasteiger partial charge in [-0.15, -0.1) is 0 Å². The van der Waals surface area contributed by atoms with Gasteiger partial charge in [-0.3, -0.25) is 0 Å². The maximum absolute atomic E-state index is 10.7. The van der Waals surface area contributed by atoms with E-state index in [4.69, 9.17) is 15.6 Å². The smallest absolute Gasteiger partial charge is 0.341 e. The van der Waals surface area contributed by atoms with Crippen molar-refractivity contribution in [3.8, 4) is 0 Å². The van der Waals surface area contributed by atoms with Crippen LogP contribution in [0, 0.1) is 0 Å². The van der Waals surface area contributed by atoms with Crippen LogP contribution in [0.25, 0.3) is 0 Å². The SMILES string of the molecule is CCOC(CC)c1ncc(C(=O)O)c(N)n1. The maximum atomic E-state index is 10.7. The van der Waals surface area contributed by atoms with Crippen LogP contribution in [-0.4, -0.2) is 27.7 Å². The van der Waals surface area contributed by atoms with Gasteiger partial charge in [-0.25, -0.2) is 14.8 Å². The second-order valence-corrected chi connectivity index (χ2v) is 3.18. The van der Waals surface area contributed by atoms with Crippen molar-refractivity contribution in [3.05, 3.63) is 17.6 Å². The fourth-order valence-corrected chi connectivity index (χ4v) is 1.31. The molecule has 1 aromatic heterocycles. The van der Waals surface area contributed by atoms with E-state index < -0.39 is 5.97 Å². The molecule has 0 amide bonds. The molecule has 0 aliphatic carbocycles. The van der Waals surface area contributed by atoms with Gasteiger partial charge in [-0.1, -0.05) is 6.92 Å². The van der Waals surface area contributed by atoms with E-state index in [1.54, 1.807) is 0 Å². The van der Waals surface area contributed by atoms with E-state index in [9.17, 15) is 4.79 Å². The van der Waals surface area contributed by atoms with Gasteiger partial charge in [0.2, 0.25) is 0 Å². The Kier molecular flexibility index (Phi) is 4.19. The lowest BCUT2D eigenvalue weighted by Crippen LogP contribution is -2.12. The molecule has 0 bridgehead atoms. The number of hydrogen-bond acceptors (Lipinski definition) is 5. The van der Waals surface area contributed by atoms with E-state index in [-0.39, 0.29) is 17.5 Å². The summed E-state index contributed by atoms with van der Waals surface area (Å²) in [6.07, 6.45) is 1.68. The fraction of sp³-hybridized carbons (Fsp3) is 0.500. The Labute approximate surface area is 93.5 Å². The average molecular weight is 225 g/mol. The number of nitrogens with two attached hydrogens (primary N) is 1. The minimum Gasteiger partial charge on any atom is -0.477 e. The normalized spacial score (nSPS) is 12.4. The minimum atomic E-state index is -1.13. The molecule has 0 saturated heterocycles. The number of anilines is 1. The summed E-state index contributed by atoms with van der Waals surface area (Å²) < 4.78 is 5.40. The average Bonchev–Trinajstić information content (AvgIpc) is 2.25. The van der Waals surface area contributed by atoms with Gasteiger partial charge < -0.3 is 15.6 Å². The van der Waals surface area contributed by atoms with Crippen LogP contribution in [0.15, 0.2) is 6.20 Å². The van der Waals surface area contributed by atoms with Gasteiger partial charge in [0.05, 0.1) is 0 Å². The first-order chi connectivity index (χ1) is 7.60. The Hall–Kier alpha value is -1.69. The highest BCUT2D eigenvalue weighted by Crippen LogP contribution is 2.19. The van der Waals surface area contributed by atoms with Gasteiger partial charge in [-0.2, -0.15) is 0 Å². The van der Waals surface area contributed by atoms with E-state index in [0.717, 1.165) is 0 Å². The van der Waals surface area contributed by atoms with E-state index in [1.807, 2.05) is 13.8 Å². The standard InChI is InChI=1S/C10H15N3O3/c1-3-7(16-4-2)9-12-5-6(10(14)15)8(11)13-9/h5,7H,3-4H2,1-2H3,(H,14,15)(H2,11,12,13). The molecule has 1 heterocycles. The Morgan fingerprint density at radius 1 is 1.62 bits per heavy atom. The molecule has 0 radical (unpaired) electrons. The molecule has 0 aromatic carbocycles. The zero-order valence-electron chi connectivity index (χ0n) is 9.30. The first kappa shape index (κ1) is 12.4. The maximum Gasteiger partial charge on any atom is 0.341 e. The Balaban J connectivity index is 2.99. The molecule has 0 fully saturated rings. The molecule has 16 heavy (non-hydrogen) atoms. The number of carboxylic acid groups (broad SMARTS) is 1.